The van der Waals surface area contributed by atoms with E-state index in [-0.39, 0.29) is 5.56 Å². The van der Waals surface area contributed by atoms with Gasteiger partial charge in [-0.15, -0.1) is 10.2 Å². The van der Waals surface area contributed by atoms with Gasteiger partial charge in [-0.3, -0.25) is 9.97 Å². The van der Waals surface area contributed by atoms with E-state index in [2.05, 4.69) is 52.0 Å². The van der Waals surface area contributed by atoms with E-state index in [9.17, 15) is 4.79 Å². The summed E-state index contributed by atoms with van der Waals surface area (Å²) >= 11 is 6.40. The lowest BCUT2D eigenvalue weighted by Gasteiger charge is -1.92. The molecule has 0 atom stereocenters. The summed E-state index contributed by atoms with van der Waals surface area (Å²) in [6.45, 7) is 0. The van der Waals surface area contributed by atoms with Gasteiger partial charge < -0.3 is 9.52 Å². The normalized spacial score (nSPS) is 9.73. The average Bonchev–Trinajstić information content (AvgIpc) is 3.02. The van der Waals surface area contributed by atoms with Crippen LogP contribution in [-0.2, 0) is 0 Å². The van der Waals surface area contributed by atoms with Crippen molar-refractivity contribution in [3.63, 3.8) is 0 Å². The van der Waals surface area contributed by atoms with Crippen molar-refractivity contribution in [2.45, 2.75) is 0 Å². The second kappa shape index (κ2) is 7.76. The van der Waals surface area contributed by atoms with Crippen LogP contribution in [0.1, 0.15) is 10.4 Å². The fourth-order valence-corrected chi connectivity index (χ4v) is 2.09. The van der Waals surface area contributed by atoms with Crippen molar-refractivity contribution in [3.8, 4) is 11.5 Å². The highest BCUT2D eigenvalue weighted by Gasteiger charge is 2.03. The summed E-state index contributed by atoms with van der Waals surface area (Å²) in [7, 11) is 0. The number of halogens is 2. The van der Waals surface area contributed by atoms with E-state index in [0.717, 1.165) is 10.0 Å². The number of aromatic nitrogens is 4. The molecular weight excluding hydrogens is 420 g/mol. The van der Waals surface area contributed by atoms with Gasteiger partial charge in [-0.2, -0.15) is 0 Å². The molecule has 3 heterocycles. The van der Waals surface area contributed by atoms with Crippen LogP contribution in [-0.4, -0.2) is 31.2 Å². The van der Waals surface area contributed by atoms with E-state index >= 15 is 0 Å². The van der Waals surface area contributed by atoms with Crippen LogP contribution < -0.4 is 0 Å². The molecule has 9 heteroatoms. The van der Waals surface area contributed by atoms with Crippen molar-refractivity contribution >= 4 is 37.8 Å². The van der Waals surface area contributed by atoms with Gasteiger partial charge in [-0.25, -0.2) is 4.79 Å². The molecule has 0 aliphatic heterocycles. The minimum Gasteiger partial charge on any atom is -0.478 e. The van der Waals surface area contributed by atoms with Crippen molar-refractivity contribution < 1.29 is 14.3 Å². The van der Waals surface area contributed by atoms with Gasteiger partial charge in [0.05, 0.1) is 11.1 Å². The highest BCUT2D eigenvalue weighted by Crippen LogP contribution is 2.18. The highest BCUT2D eigenvalue weighted by atomic mass is 79.9. The highest BCUT2D eigenvalue weighted by molar-refractivity contribution is 9.10. The summed E-state index contributed by atoms with van der Waals surface area (Å²) in [5.74, 6) is -0.488. The number of carboxylic acids is 1. The van der Waals surface area contributed by atoms with Crippen LogP contribution >= 0.6 is 31.9 Å². The number of aromatic carboxylic acids is 1. The third-order valence-electron chi connectivity index (χ3n) is 2.26. The van der Waals surface area contributed by atoms with E-state index in [1.807, 2.05) is 6.07 Å². The standard InChI is InChI=1S/C7H4BrN3O.C6H4BrNO2/c8-6-1-5(2-9-3-6)7-11-10-4-12-7;7-5-1-4(6(9)10)2-8-3-5/h1-4H;1-3H,(H,9,10). The molecule has 1 N–H and O–H groups in total. The molecule has 3 aromatic heterocycles. The topological polar surface area (TPSA) is 102 Å². The maximum absolute atomic E-state index is 10.3. The molecule has 0 aromatic carbocycles. The number of hydrogen-bond donors (Lipinski definition) is 1. The molecule has 0 bridgehead atoms. The van der Waals surface area contributed by atoms with Crippen molar-refractivity contribution in [2.24, 2.45) is 0 Å². The van der Waals surface area contributed by atoms with Crippen LogP contribution in [0.15, 0.2) is 56.7 Å². The Morgan fingerprint density at radius 2 is 1.73 bits per heavy atom. The van der Waals surface area contributed by atoms with Crippen LogP contribution in [0.2, 0.25) is 0 Å². The zero-order chi connectivity index (χ0) is 15.9. The molecule has 0 saturated heterocycles. The summed E-state index contributed by atoms with van der Waals surface area (Å²) in [4.78, 5) is 17.9. The Hall–Kier alpha value is -2.13. The smallest absolute Gasteiger partial charge is 0.337 e. The first-order valence-corrected chi connectivity index (χ1v) is 7.36. The van der Waals surface area contributed by atoms with Crippen LogP contribution in [0, 0.1) is 0 Å². The van der Waals surface area contributed by atoms with Gasteiger partial charge in [-0.1, -0.05) is 0 Å². The number of nitrogens with zero attached hydrogens (tertiary/aromatic N) is 4. The molecule has 0 spiro atoms. The number of rotatable bonds is 2. The van der Waals surface area contributed by atoms with Gasteiger partial charge >= 0.3 is 5.97 Å². The molecule has 0 amide bonds. The predicted octanol–water partition coefficient (Wildman–Crippen LogP) is 3.44. The van der Waals surface area contributed by atoms with E-state index in [1.165, 1.54) is 24.9 Å². The molecule has 0 fully saturated rings. The largest absolute Gasteiger partial charge is 0.478 e. The first-order chi connectivity index (χ1) is 10.6. The Kier molecular flexibility index (Phi) is 5.73. The molecule has 0 unspecified atom stereocenters. The lowest BCUT2D eigenvalue weighted by atomic mass is 10.3. The third kappa shape index (κ3) is 4.71. The Morgan fingerprint density at radius 3 is 2.23 bits per heavy atom. The number of hydrogen-bond acceptors (Lipinski definition) is 6. The first-order valence-electron chi connectivity index (χ1n) is 5.77. The summed E-state index contributed by atoms with van der Waals surface area (Å²) < 4.78 is 6.55. The molecule has 0 aliphatic rings. The van der Waals surface area contributed by atoms with E-state index in [1.54, 1.807) is 12.4 Å². The lowest BCUT2D eigenvalue weighted by Crippen LogP contribution is -1.95. The van der Waals surface area contributed by atoms with Crippen molar-refractivity contribution in [3.05, 3.63) is 57.8 Å². The quantitative estimate of drug-likeness (QED) is 0.668. The minimum atomic E-state index is -0.964. The van der Waals surface area contributed by atoms with Gasteiger partial charge in [0.1, 0.15) is 0 Å². The maximum Gasteiger partial charge on any atom is 0.337 e. The zero-order valence-electron chi connectivity index (χ0n) is 10.8. The molecule has 0 aliphatic carbocycles. The molecule has 22 heavy (non-hydrogen) atoms. The first kappa shape index (κ1) is 16.2. The Bertz CT molecular complexity index is 765. The van der Waals surface area contributed by atoms with Crippen molar-refractivity contribution in [1.82, 2.24) is 20.2 Å². The Morgan fingerprint density at radius 1 is 1.05 bits per heavy atom. The van der Waals surface area contributed by atoms with Crippen molar-refractivity contribution in [2.75, 3.05) is 0 Å². The van der Waals surface area contributed by atoms with Gasteiger partial charge in [-0.05, 0) is 44.0 Å². The SMILES string of the molecule is Brc1cncc(-c2nnco2)c1.O=C(O)c1cncc(Br)c1. The van der Waals surface area contributed by atoms with E-state index in [0.29, 0.717) is 10.4 Å². The van der Waals surface area contributed by atoms with Crippen LogP contribution in [0.4, 0.5) is 0 Å². The fourth-order valence-electron chi connectivity index (χ4n) is 1.36. The van der Waals surface area contributed by atoms with Crippen LogP contribution in [0.5, 0.6) is 0 Å². The molecule has 7 nitrogen and oxygen atoms in total. The van der Waals surface area contributed by atoms with E-state index < -0.39 is 5.97 Å². The molecule has 0 saturated carbocycles. The van der Waals surface area contributed by atoms with E-state index in [4.69, 9.17) is 9.52 Å². The number of pyridine rings is 2. The maximum atomic E-state index is 10.3. The summed E-state index contributed by atoms with van der Waals surface area (Å²) in [5.41, 5.74) is 0.997. The number of carbonyl (C=O) groups is 1. The van der Waals surface area contributed by atoms with Gasteiger partial charge in [0.15, 0.2) is 0 Å². The third-order valence-corrected chi connectivity index (χ3v) is 3.13. The van der Waals surface area contributed by atoms with Gasteiger partial charge in [0.25, 0.3) is 0 Å². The Labute approximate surface area is 141 Å². The monoisotopic (exact) mass is 426 g/mol. The number of carboxylic acid groups (broad SMARTS) is 1. The summed E-state index contributed by atoms with van der Waals surface area (Å²) in [6, 6.07) is 3.36. The zero-order valence-corrected chi connectivity index (χ0v) is 14.0. The summed E-state index contributed by atoms with van der Waals surface area (Å²) in [6.07, 6.45) is 7.48. The molecule has 3 aromatic rings. The lowest BCUT2D eigenvalue weighted by molar-refractivity contribution is 0.0696. The second-order valence-corrected chi connectivity index (χ2v) is 5.66. The Balaban J connectivity index is 0.000000164. The average molecular weight is 428 g/mol. The summed E-state index contributed by atoms with van der Waals surface area (Å²) in [5, 5.41) is 15.8. The minimum absolute atomic E-state index is 0.189. The molecule has 0 radical (unpaired) electrons. The van der Waals surface area contributed by atoms with Gasteiger partial charge in [0.2, 0.25) is 12.3 Å². The molecule has 3 rings (SSSR count). The van der Waals surface area contributed by atoms with Crippen LogP contribution in [0.3, 0.4) is 0 Å². The van der Waals surface area contributed by atoms with Gasteiger partial charge in [0, 0.05) is 33.7 Å². The second-order valence-electron chi connectivity index (χ2n) is 3.83. The fraction of sp³-hybridized carbons (Fsp3) is 0. The predicted molar refractivity (Wildman–Crippen MR) is 84.1 cm³/mol. The molecular formula is C13H8Br2N4O3. The molecule has 112 valence electrons. The van der Waals surface area contributed by atoms with Crippen molar-refractivity contribution in [1.29, 1.82) is 0 Å². The van der Waals surface area contributed by atoms with Crippen LogP contribution in [0.25, 0.3) is 11.5 Å².